The summed E-state index contributed by atoms with van der Waals surface area (Å²) in [6.45, 7) is 2.50. The maximum atomic E-state index is 11.7. The Morgan fingerprint density at radius 3 is 2.60 bits per heavy atom. The Hall–Kier alpha value is -1.70. The third-order valence-corrected chi connectivity index (χ3v) is 2.35. The Kier molecular flexibility index (Phi) is 9.27. The molecule has 0 atom stereocenters. The second-order valence-electron chi connectivity index (χ2n) is 3.80. The minimum absolute atomic E-state index is 0. The number of pyridine rings is 1. The van der Waals surface area contributed by atoms with Crippen molar-refractivity contribution in [1.82, 2.24) is 15.6 Å². The van der Waals surface area contributed by atoms with Crippen LogP contribution in [0.3, 0.4) is 0 Å². The maximum Gasteiger partial charge on any atom is 0.269 e. The van der Waals surface area contributed by atoms with Gasteiger partial charge in [0.25, 0.3) is 5.91 Å². The third kappa shape index (κ3) is 6.46. The number of methoxy groups -OCH3 is 1. The normalized spacial score (nSPS) is 9.65. The van der Waals surface area contributed by atoms with Crippen molar-refractivity contribution in [2.45, 2.75) is 0 Å². The SMILES string of the molecule is COCCNCCNC(=O)c1ccc(C(N)=O)cn1.Cl. The van der Waals surface area contributed by atoms with Gasteiger partial charge in [-0.1, -0.05) is 0 Å². The topological polar surface area (TPSA) is 106 Å². The van der Waals surface area contributed by atoms with Crippen LogP contribution in [0, 0.1) is 0 Å². The van der Waals surface area contributed by atoms with E-state index in [-0.39, 0.29) is 29.6 Å². The lowest BCUT2D eigenvalue weighted by Gasteiger charge is -2.06. The second kappa shape index (κ2) is 10.1. The predicted molar refractivity (Wildman–Crippen MR) is 77.1 cm³/mol. The number of hydrogen-bond donors (Lipinski definition) is 3. The molecule has 7 nitrogen and oxygen atoms in total. The first kappa shape index (κ1) is 18.3. The number of nitrogens with two attached hydrogens (primary N) is 1. The van der Waals surface area contributed by atoms with E-state index in [0.29, 0.717) is 19.7 Å². The molecule has 0 unspecified atom stereocenters. The monoisotopic (exact) mass is 302 g/mol. The van der Waals surface area contributed by atoms with E-state index >= 15 is 0 Å². The molecule has 8 heteroatoms. The lowest BCUT2D eigenvalue weighted by atomic mass is 10.2. The second-order valence-corrected chi connectivity index (χ2v) is 3.80. The van der Waals surface area contributed by atoms with E-state index in [2.05, 4.69) is 15.6 Å². The third-order valence-electron chi connectivity index (χ3n) is 2.35. The minimum atomic E-state index is -0.568. The molecule has 2 amide bonds. The number of carbonyl (C=O) groups is 2. The Balaban J connectivity index is 0.00000361. The van der Waals surface area contributed by atoms with Gasteiger partial charge in [0.2, 0.25) is 5.91 Å². The molecular formula is C12H19ClN4O3. The van der Waals surface area contributed by atoms with E-state index in [9.17, 15) is 9.59 Å². The highest BCUT2D eigenvalue weighted by atomic mass is 35.5. The summed E-state index contributed by atoms with van der Waals surface area (Å²) >= 11 is 0. The van der Waals surface area contributed by atoms with Crippen molar-refractivity contribution in [1.29, 1.82) is 0 Å². The van der Waals surface area contributed by atoms with Crippen LogP contribution in [0.5, 0.6) is 0 Å². The van der Waals surface area contributed by atoms with Crippen molar-refractivity contribution in [3.05, 3.63) is 29.6 Å². The van der Waals surface area contributed by atoms with Gasteiger partial charge in [0.15, 0.2) is 0 Å². The van der Waals surface area contributed by atoms with Crippen LogP contribution < -0.4 is 16.4 Å². The molecule has 0 aliphatic heterocycles. The maximum absolute atomic E-state index is 11.7. The fraction of sp³-hybridized carbons (Fsp3) is 0.417. The van der Waals surface area contributed by atoms with E-state index < -0.39 is 5.91 Å². The Morgan fingerprint density at radius 2 is 2.05 bits per heavy atom. The fourth-order valence-corrected chi connectivity index (χ4v) is 1.33. The van der Waals surface area contributed by atoms with E-state index in [1.54, 1.807) is 7.11 Å². The summed E-state index contributed by atoms with van der Waals surface area (Å²) < 4.78 is 4.87. The first-order chi connectivity index (χ1) is 9.15. The quantitative estimate of drug-likeness (QED) is 0.565. The summed E-state index contributed by atoms with van der Waals surface area (Å²) in [5.74, 6) is -0.855. The van der Waals surface area contributed by atoms with Crippen molar-refractivity contribution < 1.29 is 14.3 Å². The number of aromatic nitrogens is 1. The first-order valence-electron chi connectivity index (χ1n) is 5.89. The highest BCUT2D eigenvalue weighted by Crippen LogP contribution is 1.99. The number of amides is 2. The summed E-state index contributed by atoms with van der Waals surface area (Å²) in [7, 11) is 1.63. The standard InChI is InChI=1S/C12H18N4O3.ClH/c1-19-7-6-14-4-5-15-12(18)10-3-2-9(8-16-10)11(13)17;/h2-3,8,14H,4-7H2,1H3,(H2,13,17)(H,15,18);1H. The number of carbonyl (C=O) groups excluding carboxylic acids is 2. The van der Waals surface area contributed by atoms with E-state index in [4.69, 9.17) is 10.5 Å². The molecule has 1 aromatic rings. The first-order valence-corrected chi connectivity index (χ1v) is 5.89. The number of halogens is 1. The molecule has 0 bridgehead atoms. The molecule has 1 heterocycles. The average molecular weight is 303 g/mol. The molecule has 0 aliphatic carbocycles. The van der Waals surface area contributed by atoms with Crippen LogP contribution in [0.25, 0.3) is 0 Å². The van der Waals surface area contributed by atoms with Gasteiger partial charge in [0, 0.05) is 32.9 Å². The molecular weight excluding hydrogens is 284 g/mol. The summed E-state index contributed by atoms with van der Waals surface area (Å²) in [4.78, 5) is 26.4. The Bertz CT molecular complexity index is 425. The van der Waals surface area contributed by atoms with Gasteiger partial charge in [0.05, 0.1) is 12.2 Å². The van der Waals surface area contributed by atoms with Crippen molar-refractivity contribution in [3.8, 4) is 0 Å². The lowest BCUT2D eigenvalue weighted by Crippen LogP contribution is -2.33. The van der Waals surface area contributed by atoms with Crippen LogP contribution in [0.15, 0.2) is 18.3 Å². The van der Waals surface area contributed by atoms with Crippen LogP contribution in [0.1, 0.15) is 20.8 Å². The molecule has 1 rings (SSSR count). The van der Waals surface area contributed by atoms with E-state index in [1.165, 1.54) is 18.3 Å². The van der Waals surface area contributed by atoms with Gasteiger partial charge in [-0.3, -0.25) is 14.6 Å². The van der Waals surface area contributed by atoms with E-state index in [0.717, 1.165) is 6.54 Å². The largest absolute Gasteiger partial charge is 0.383 e. The number of rotatable bonds is 8. The van der Waals surface area contributed by atoms with Gasteiger partial charge in [-0.05, 0) is 12.1 Å². The van der Waals surface area contributed by atoms with Crippen molar-refractivity contribution in [2.75, 3.05) is 33.4 Å². The van der Waals surface area contributed by atoms with Gasteiger partial charge >= 0.3 is 0 Å². The smallest absolute Gasteiger partial charge is 0.269 e. The van der Waals surface area contributed by atoms with Crippen molar-refractivity contribution in [2.24, 2.45) is 5.73 Å². The van der Waals surface area contributed by atoms with Crippen molar-refractivity contribution in [3.63, 3.8) is 0 Å². The Labute approximate surface area is 123 Å². The summed E-state index contributed by atoms with van der Waals surface area (Å²) in [6.07, 6.45) is 1.29. The Morgan fingerprint density at radius 1 is 1.30 bits per heavy atom. The van der Waals surface area contributed by atoms with Crippen LogP contribution in [0.4, 0.5) is 0 Å². The molecule has 0 spiro atoms. The van der Waals surface area contributed by atoms with Gasteiger partial charge in [0.1, 0.15) is 5.69 Å². The predicted octanol–water partition coefficient (Wildman–Crippen LogP) is -0.432. The summed E-state index contributed by atoms with van der Waals surface area (Å²) in [6, 6.07) is 2.94. The van der Waals surface area contributed by atoms with Crippen molar-refractivity contribution >= 4 is 24.2 Å². The molecule has 1 aromatic heterocycles. The number of primary amides is 1. The van der Waals surface area contributed by atoms with Gasteiger partial charge in [-0.25, -0.2) is 0 Å². The highest BCUT2D eigenvalue weighted by Gasteiger charge is 2.07. The number of nitrogens with zero attached hydrogens (tertiary/aromatic N) is 1. The zero-order valence-corrected chi connectivity index (χ0v) is 12.0. The minimum Gasteiger partial charge on any atom is -0.383 e. The van der Waals surface area contributed by atoms with Gasteiger partial charge in [-0.15, -0.1) is 12.4 Å². The molecule has 0 radical (unpaired) electrons. The number of hydrogen-bond acceptors (Lipinski definition) is 5. The van der Waals surface area contributed by atoms with E-state index in [1.807, 2.05) is 0 Å². The zero-order chi connectivity index (χ0) is 14.1. The molecule has 0 aromatic carbocycles. The highest BCUT2D eigenvalue weighted by molar-refractivity contribution is 5.95. The summed E-state index contributed by atoms with van der Waals surface area (Å²) in [5, 5.41) is 5.80. The summed E-state index contributed by atoms with van der Waals surface area (Å²) in [5.41, 5.74) is 5.61. The van der Waals surface area contributed by atoms with Gasteiger partial charge in [-0.2, -0.15) is 0 Å². The van der Waals surface area contributed by atoms with Gasteiger partial charge < -0.3 is 21.1 Å². The molecule has 0 saturated carbocycles. The average Bonchev–Trinajstić information content (AvgIpc) is 2.42. The molecule has 20 heavy (non-hydrogen) atoms. The number of nitrogens with one attached hydrogen (secondary N) is 2. The van der Waals surface area contributed by atoms with Crippen LogP contribution in [0.2, 0.25) is 0 Å². The fourth-order valence-electron chi connectivity index (χ4n) is 1.33. The number of ether oxygens (including phenoxy) is 1. The molecule has 0 fully saturated rings. The van der Waals surface area contributed by atoms with Crippen LogP contribution >= 0.6 is 12.4 Å². The zero-order valence-electron chi connectivity index (χ0n) is 11.2. The molecule has 112 valence electrons. The molecule has 4 N–H and O–H groups in total. The van der Waals surface area contributed by atoms with Crippen LogP contribution in [-0.4, -0.2) is 50.1 Å². The van der Waals surface area contributed by atoms with Crippen LogP contribution in [-0.2, 0) is 4.74 Å². The lowest BCUT2D eigenvalue weighted by molar-refractivity contribution is 0.0945. The molecule has 0 aliphatic rings. The molecule has 0 saturated heterocycles.